The van der Waals surface area contributed by atoms with Crippen molar-refractivity contribution in [1.82, 2.24) is 23.8 Å². The summed E-state index contributed by atoms with van der Waals surface area (Å²) in [5.74, 6) is -0.0843. The first-order valence-electron chi connectivity index (χ1n) is 9.89. The fourth-order valence-corrected chi connectivity index (χ4v) is 4.08. The van der Waals surface area contributed by atoms with Gasteiger partial charge in [0.25, 0.3) is 5.91 Å². The Labute approximate surface area is 176 Å². The molecule has 0 spiro atoms. The number of amides is 1. The molecular weight excluding hydrogens is 412 g/mol. The van der Waals surface area contributed by atoms with E-state index in [0.717, 1.165) is 11.8 Å². The minimum absolute atomic E-state index is 0.0524. The summed E-state index contributed by atoms with van der Waals surface area (Å²) in [6.45, 7) is 9.36. The van der Waals surface area contributed by atoms with Gasteiger partial charge in [0.15, 0.2) is 11.5 Å². The minimum Gasteiger partial charge on any atom is -0.431 e. The Bertz CT molecular complexity index is 973. The van der Waals surface area contributed by atoms with E-state index < -0.39 is 16.1 Å². The molecule has 0 unspecified atom stereocenters. The van der Waals surface area contributed by atoms with Crippen molar-refractivity contribution in [3.05, 3.63) is 23.7 Å². The summed E-state index contributed by atoms with van der Waals surface area (Å²) < 4.78 is 40.5. The summed E-state index contributed by atoms with van der Waals surface area (Å²) in [5, 5.41) is 7.47. The Kier molecular flexibility index (Phi) is 6.78. The number of carbonyl (C=O) groups is 1. The number of ether oxygens (including phenoxy) is 1. The smallest absolute Gasteiger partial charge is 0.304 e. The summed E-state index contributed by atoms with van der Waals surface area (Å²) in [6.07, 6.45) is 3.62. The van der Waals surface area contributed by atoms with Crippen molar-refractivity contribution in [3.8, 4) is 0 Å². The van der Waals surface area contributed by atoms with Crippen LogP contribution in [0, 0.1) is 0 Å². The van der Waals surface area contributed by atoms with Crippen molar-refractivity contribution in [2.24, 2.45) is 0 Å². The van der Waals surface area contributed by atoms with Crippen LogP contribution in [-0.2, 0) is 14.9 Å². The van der Waals surface area contributed by atoms with Crippen molar-refractivity contribution >= 4 is 27.9 Å². The van der Waals surface area contributed by atoms with E-state index >= 15 is 0 Å². The van der Waals surface area contributed by atoms with E-state index in [0.29, 0.717) is 18.8 Å². The molecule has 1 saturated heterocycles. The van der Waals surface area contributed by atoms with Gasteiger partial charge in [0.05, 0.1) is 6.61 Å². The van der Waals surface area contributed by atoms with Crippen molar-refractivity contribution in [2.45, 2.75) is 46.1 Å². The van der Waals surface area contributed by atoms with E-state index in [9.17, 15) is 13.2 Å². The number of nitrogens with one attached hydrogen (secondary N) is 2. The molecule has 1 amide bonds. The predicted molar refractivity (Wildman–Crippen MR) is 110 cm³/mol. The van der Waals surface area contributed by atoms with E-state index in [1.54, 1.807) is 0 Å². The first-order chi connectivity index (χ1) is 14.2. The Morgan fingerprint density at radius 3 is 2.67 bits per heavy atom. The number of rotatable bonds is 7. The second kappa shape index (κ2) is 9.14. The third kappa shape index (κ3) is 5.18. The molecule has 1 aliphatic rings. The SMILES string of the molecule is CC(C)c1cn(C(C)C)nc1Nc1nc(C(=O)NS(=O)(=O)N2CCCOCC2)co1. The van der Waals surface area contributed by atoms with Crippen LogP contribution in [0.5, 0.6) is 0 Å². The molecule has 0 aromatic carbocycles. The van der Waals surface area contributed by atoms with Gasteiger partial charge >= 0.3 is 16.2 Å². The normalized spacial score (nSPS) is 16.1. The quantitative estimate of drug-likeness (QED) is 0.668. The van der Waals surface area contributed by atoms with Gasteiger partial charge in [-0.1, -0.05) is 13.8 Å². The van der Waals surface area contributed by atoms with Gasteiger partial charge in [0, 0.05) is 37.5 Å². The average Bonchev–Trinajstić information content (AvgIpc) is 3.21. The second-order valence-corrected chi connectivity index (χ2v) is 9.30. The van der Waals surface area contributed by atoms with Crippen LogP contribution in [0.2, 0.25) is 0 Å². The maximum Gasteiger partial charge on any atom is 0.304 e. The highest BCUT2D eigenvalue weighted by atomic mass is 32.2. The molecule has 166 valence electrons. The fraction of sp³-hybridized carbons (Fsp3) is 0.611. The van der Waals surface area contributed by atoms with Gasteiger partial charge in [-0.15, -0.1) is 0 Å². The molecule has 12 heteroatoms. The predicted octanol–water partition coefficient (Wildman–Crippen LogP) is 2.02. The molecule has 0 saturated carbocycles. The molecule has 3 heterocycles. The Balaban J connectivity index is 1.71. The standard InChI is InChI=1S/C18H28N6O5S/c1-12(2)14-10-24(13(3)4)21-16(14)20-18-19-15(11-29-18)17(25)22-30(26,27)23-6-5-8-28-9-7-23/h10-13H,5-9H2,1-4H3,(H,22,25)(H,19,20,21). The maximum atomic E-state index is 12.5. The lowest BCUT2D eigenvalue weighted by Crippen LogP contribution is -2.44. The number of nitrogens with zero attached hydrogens (tertiary/aromatic N) is 4. The van der Waals surface area contributed by atoms with Crippen LogP contribution in [-0.4, -0.2) is 59.7 Å². The average molecular weight is 441 g/mol. The van der Waals surface area contributed by atoms with Gasteiger partial charge in [-0.25, -0.2) is 4.72 Å². The Morgan fingerprint density at radius 2 is 1.97 bits per heavy atom. The Morgan fingerprint density at radius 1 is 1.20 bits per heavy atom. The molecule has 30 heavy (non-hydrogen) atoms. The molecule has 0 bridgehead atoms. The van der Waals surface area contributed by atoms with E-state index in [-0.39, 0.29) is 43.4 Å². The lowest BCUT2D eigenvalue weighted by atomic mass is 10.1. The van der Waals surface area contributed by atoms with Gasteiger partial charge < -0.3 is 9.15 Å². The van der Waals surface area contributed by atoms with E-state index in [1.165, 1.54) is 4.31 Å². The van der Waals surface area contributed by atoms with Crippen LogP contribution in [0.3, 0.4) is 0 Å². The van der Waals surface area contributed by atoms with Crippen molar-refractivity contribution in [3.63, 3.8) is 0 Å². The van der Waals surface area contributed by atoms with Crippen LogP contribution in [0.1, 0.15) is 62.1 Å². The molecule has 1 fully saturated rings. The van der Waals surface area contributed by atoms with E-state index in [4.69, 9.17) is 9.15 Å². The second-order valence-electron chi connectivity index (χ2n) is 7.63. The van der Waals surface area contributed by atoms with Gasteiger partial charge in [-0.2, -0.15) is 22.8 Å². The first kappa shape index (κ1) is 22.2. The van der Waals surface area contributed by atoms with Gasteiger partial charge in [0.2, 0.25) is 0 Å². The molecule has 2 N–H and O–H groups in total. The third-order valence-corrected chi connectivity index (χ3v) is 6.10. The fourth-order valence-electron chi connectivity index (χ4n) is 2.92. The monoisotopic (exact) mass is 440 g/mol. The highest BCUT2D eigenvalue weighted by molar-refractivity contribution is 7.87. The lowest BCUT2D eigenvalue weighted by molar-refractivity contribution is 0.0973. The summed E-state index contributed by atoms with van der Waals surface area (Å²) in [6, 6.07) is 0.232. The lowest BCUT2D eigenvalue weighted by Gasteiger charge is -2.18. The Hall–Kier alpha value is -2.44. The van der Waals surface area contributed by atoms with Crippen molar-refractivity contribution in [2.75, 3.05) is 31.6 Å². The molecule has 2 aromatic heterocycles. The molecule has 1 aliphatic heterocycles. The molecule has 11 nitrogen and oxygen atoms in total. The van der Waals surface area contributed by atoms with Crippen molar-refractivity contribution in [1.29, 1.82) is 0 Å². The highest BCUT2D eigenvalue weighted by Crippen LogP contribution is 2.27. The summed E-state index contributed by atoms with van der Waals surface area (Å²) >= 11 is 0. The third-order valence-electron chi connectivity index (χ3n) is 4.62. The van der Waals surface area contributed by atoms with Crippen molar-refractivity contribution < 1.29 is 22.4 Å². The summed E-state index contributed by atoms with van der Waals surface area (Å²) in [7, 11) is -3.99. The molecule has 2 aromatic rings. The van der Waals surface area contributed by atoms with E-state index in [2.05, 4.69) is 15.4 Å². The zero-order valence-electron chi connectivity index (χ0n) is 17.6. The summed E-state index contributed by atoms with van der Waals surface area (Å²) in [4.78, 5) is 16.5. The molecule has 3 rings (SSSR count). The number of oxazole rings is 1. The van der Waals surface area contributed by atoms with Crippen LogP contribution in [0.25, 0.3) is 0 Å². The van der Waals surface area contributed by atoms with E-state index in [1.807, 2.05) is 43.3 Å². The molecule has 0 radical (unpaired) electrons. The van der Waals surface area contributed by atoms with Gasteiger partial charge in [-0.05, 0) is 26.2 Å². The van der Waals surface area contributed by atoms with Crippen LogP contribution < -0.4 is 10.0 Å². The number of anilines is 2. The van der Waals surface area contributed by atoms with Crippen LogP contribution >= 0.6 is 0 Å². The van der Waals surface area contributed by atoms with Crippen LogP contribution in [0.4, 0.5) is 11.8 Å². The molecule has 0 aliphatic carbocycles. The topological polar surface area (TPSA) is 132 Å². The first-order valence-corrected chi connectivity index (χ1v) is 11.3. The number of carbonyl (C=O) groups excluding carboxylic acids is 1. The van der Waals surface area contributed by atoms with Crippen LogP contribution in [0.15, 0.2) is 16.9 Å². The van der Waals surface area contributed by atoms with Gasteiger partial charge in [-0.3, -0.25) is 14.8 Å². The number of hydrogen-bond acceptors (Lipinski definition) is 8. The number of aromatic nitrogens is 3. The highest BCUT2D eigenvalue weighted by Gasteiger charge is 2.27. The largest absolute Gasteiger partial charge is 0.431 e. The van der Waals surface area contributed by atoms with Gasteiger partial charge in [0.1, 0.15) is 6.26 Å². The minimum atomic E-state index is -3.99. The summed E-state index contributed by atoms with van der Waals surface area (Å²) in [5.41, 5.74) is 0.820. The maximum absolute atomic E-state index is 12.5. The molecular formula is C18H28N6O5S. The zero-order valence-corrected chi connectivity index (χ0v) is 18.4. The molecule has 0 atom stereocenters. The zero-order chi connectivity index (χ0) is 21.9. The number of hydrogen-bond donors (Lipinski definition) is 2.